The molecule has 0 atom stereocenters. The van der Waals surface area contributed by atoms with Gasteiger partial charge in [0.25, 0.3) is 0 Å². The Morgan fingerprint density at radius 3 is 1.92 bits per heavy atom. The molecule has 2 aliphatic rings. The number of hydrogen-bond acceptors (Lipinski definition) is 4. The van der Waals surface area contributed by atoms with Gasteiger partial charge < -0.3 is 14.6 Å². The normalized spacial score (nSPS) is 17.4. The van der Waals surface area contributed by atoms with Crippen LogP contribution in [0.5, 0.6) is 11.5 Å². The Labute approximate surface area is 68.3 Å². The van der Waals surface area contributed by atoms with E-state index in [4.69, 9.17) is 9.47 Å². The molecule has 1 aromatic rings. The molecule has 62 valence electrons. The van der Waals surface area contributed by atoms with Crippen LogP contribution in [-0.4, -0.2) is 17.4 Å². The number of fused-ring (bicyclic) bond motifs is 4. The van der Waals surface area contributed by atoms with E-state index in [9.17, 15) is 9.90 Å². The van der Waals surface area contributed by atoms with E-state index >= 15 is 0 Å². The van der Waals surface area contributed by atoms with Crippen molar-refractivity contribution in [2.75, 3.05) is 0 Å². The second kappa shape index (κ2) is 2.22. The summed E-state index contributed by atoms with van der Waals surface area (Å²) in [5.41, 5.74) is 0. The largest absolute Gasteiger partial charge is 0.430 e. The number of aldehydes is 1. The van der Waals surface area contributed by atoms with Crippen molar-refractivity contribution >= 4 is 6.29 Å². The lowest BCUT2D eigenvalue weighted by Crippen LogP contribution is -2.43. The molecule has 0 unspecified atom stereocenters. The number of ether oxygens (including phenoxy) is 2. The van der Waals surface area contributed by atoms with Crippen LogP contribution < -0.4 is 9.47 Å². The molecule has 2 aliphatic heterocycles. The monoisotopic (exact) mass is 166 g/mol. The van der Waals surface area contributed by atoms with Gasteiger partial charge in [0.15, 0.2) is 0 Å². The lowest BCUT2D eigenvalue weighted by molar-refractivity contribution is -0.242. The molecule has 4 heteroatoms. The van der Waals surface area contributed by atoms with Crippen LogP contribution in [0, 0.1) is 0 Å². The van der Waals surface area contributed by atoms with Crippen molar-refractivity contribution in [1.82, 2.24) is 0 Å². The van der Waals surface area contributed by atoms with E-state index in [1.807, 2.05) is 0 Å². The molecular weight excluding hydrogens is 160 g/mol. The van der Waals surface area contributed by atoms with Crippen LogP contribution in [0.2, 0.25) is 0 Å². The van der Waals surface area contributed by atoms with E-state index in [1.165, 1.54) is 0 Å². The zero-order valence-electron chi connectivity index (χ0n) is 6.06. The smallest absolute Gasteiger partial charge is 0.424 e. The van der Waals surface area contributed by atoms with E-state index in [-0.39, 0.29) is 6.29 Å². The highest BCUT2D eigenvalue weighted by Gasteiger charge is 2.34. The molecule has 4 nitrogen and oxygen atoms in total. The predicted molar refractivity (Wildman–Crippen MR) is 38.7 cm³/mol. The number of aliphatic hydroxyl groups is 1. The molecule has 0 amide bonds. The Morgan fingerprint density at radius 2 is 1.58 bits per heavy atom. The molecule has 0 saturated heterocycles. The van der Waals surface area contributed by atoms with Crippen molar-refractivity contribution in [3.05, 3.63) is 24.3 Å². The third-order valence-corrected chi connectivity index (χ3v) is 1.50. The van der Waals surface area contributed by atoms with Crippen LogP contribution in [0.3, 0.4) is 0 Å². The van der Waals surface area contributed by atoms with E-state index in [1.54, 1.807) is 24.3 Å². The summed E-state index contributed by atoms with van der Waals surface area (Å²) < 4.78 is 9.65. The minimum absolute atomic E-state index is 0.201. The molecule has 1 aromatic carbocycles. The molecule has 0 aromatic heterocycles. The fourth-order valence-electron chi connectivity index (χ4n) is 0.982. The highest BCUT2D eigenvalue weighted by Crippen LogP contribution is 2.27. The molecule has 1 N–H and O–H groups in total. The van der Waals surface area contributed by atoms with Gasteiger partial charge in [-0.3, -0.25) is 4.79 Å². The first-order valence-corrected chi connectivity index (χ1v) is 3.39. The van der Waals surface area contributed by atoms with Crippen LogP contribution in [0.1, 0.15) is 0 Å². The first kappa shape index (κ1) is 7.12. The number of carbonyl (C=O) groups is 1. The zero-order chi connectivity index (χ0) is 8.60. The fourth-order valence-corrected chi connectivity index (χ4v) is 0.982. The number of benzene rings is 1. The van der Waals surface area contributed by atoms with Gasteiger partial charge in [0.1, 0.15) is 11.5 Å². The lowest BCUT2D eigenvalue weighted by Gasteiger charge is -2.19. The summed E-state index contributed by atoms with van der Waals surface area (Å²) in [6.07, 6.45) is 0.201. The molecule has 0 fully saturated rings. The fraction of sp³-hybridized carbons (Fsp3) is 0.125. The number of carbonyl (C=O) groups excluding carboxylic acids is 1. The van der Waals surface area contributed by atoms with Crippen LogP contribution >= 0.6 is 0 Å². The maximum atomic E-state index is 10.4. The van der Waals surface area contributed by atoms with Crippen LogP contribution in [0.25, 0.3) is 0 Å². The van der Waals surface area contributed by atoms with Gasteiger partial charge in [-0.1, -0.05) is 0 Å². The van der Waals surface area contributed by atoms with Gasteiger partial charge in [0, 0.05) is 0 Å². The SMILES string of the molecule is O=CC1(O)Oc2ccc(cc2)O1. The first-order valence-electron chi connectivity index (χ1n) is 3.39. The third kappa shape index (κ3) is 1.02. The number of hydrogen-bond donors (Lipinski definition) is 1. The van der Waals surface area contributed by atoms with Crippen molar-refractivity contribution < 1.29 is 19.4 Å². The van der Waals surface area contributed by atoms with Crippen molar-refractivity contribution in [1.29, 1.82) is 0 Å². The Hall–Kier alpha value is -1.55. The van der Waals surface area contributed by atoms with E-state index in [2.05, 4.69) is 0 Å². The number of rotatable bonds is 1. The average Bonchev–Trinajstić information content (AvgIpc) is 2.32. The second-order valence-electron chi connectivity index (χ2n) is 2.42. The van der Waals surface area contributed by atoms with Crippen molar-refractivity contribution in [3.8, 4) is 11.5 Å². The van der Waals surface area contributed by atoms with Gasteiger partial charge in [-0.2, -0.15) is 0 Å². The maximum Gasteiger partial charge on any atom is 0.430 e. The minimum Gasteiger partial charge on any atom is -0.424 e. The summed E-state index contributed by atoms with van der Waals surface area (Å²) in [4.78, 5) is 10.4. The van der Waals surface area contributed by atoms with Gasteiger partial charge in [0.2, 0.25) is 6.29 Å². The second-order valence-corrected chi connectivity index (χ2v) is 2.42. The summed E-state index contributed by atoms with van der Waals surface area (Å²) in [7, 11) is 0. The van der Waals surface area contributed by atoms with Crippen molar-refractivity contribution in [2.45, 2.75) is 5.97 Å². The summed E-state index contributed by atoms with van der Waals surface area (Å²) in [5, 5.41) is 9.31. The highest BCUT2D eigenvalue weighted by atomic mass is 16.8. The minimum atomic E-state index is -2.17. The van der Waals surface area contributed by atoms with Gasteiger partial charge in [-0.05, 0) is 24.3 Å². The third-order valence-electron chi connectivity index (χ3n) is 1.50. The molecule has 3 rings (SSSR count). The molecule has 0 aliphatic carbocycles. The van der Waals surface area contributed by atoms with E-state index < -0.39 is 5.97 Å². The van der Waals surface area contributed by atoms with Gasteiger partial charge >= 0.3 is 5.97 Å². The summed E-state index contributed by atoms with van der Waals surface area (Å²) in [6.45, 7) is 0. The van der Waals surface area contributed by atoms with Gasteiger partial charge in [-0.15, -0.1) is 0 Å². The van der Waals surface area contributed by atoms with Gasteiger partial charge in [0.05, 0.1) is 0 Å². The Kier molecular flexibility index (Phi) is 1.31. The van der Waals surface area contributed by atoms with E-state index in [0.29, 0.717) is 11.5 Å². The molecule has 0 spiro atoms. The molecule has 0 saturated carbocycles. The molecule has 2 bridgehead atoms. The zero-order valence-corrected chi connectivity index (χ0v) is 6.06. The first-order chi connectivity index (χ1) is 5.72. The quantitative estimate of drug-likeness (QED) is 0.610. The Morgan fingerprint density at radius 1 is 1.17 bits per heavy atom. The summed E-state index contributed by atoms with van der Waals surface area (Å²) in [6, 6.07) is 6.43. The van der Waals surface area contributed by atoms with Crippen LogP contribution in [0.4, 0.5) is 0 Å². The molecule has 2 heterocycles. The summed E-state index contributed by atoms with van der Waals surface area (Å²) >= 11 is 0. The molecule has 0 radical (unpaired) electrons. The van der Waals surface area contributed by atoms with Crippen molar-refractivity contribution in [3.63, 3.8) is 0 Å². The average molecular weight is 166 g/mol. The predicted octanol–water partition coefficient (Wildman–Crippen LogP) is 0.303. The standard InChI is InChI=1S/C8H6O4/c9-5-8(10)11-6-1-2-7(12-8)4-3-6/h1-5,10H. The molecular formula is C8H6O4. The van der Waals surface area contributed by atoms with Gasteiger partial charge in [-0.25, -0.2) is 0 Å². The van der Waals surface area contributed by atoms with Crippen molar-refractivity contribution in [2.24, 2.45) is 0 Å². The topological polar surface area (TPSA) is 55.8 Å². The van der Waals surface area contributed by atoms with E-state index in [0.717, 1.165) is 0 Å². The Bertz CT molecular complexity index is 278. The van der Waals surface area contributed by atoms with Crippen LogP contribution in [-0.2, 0) is 4.79 Å². The lowest BCUT2D eigenvalue weighted by atomic mass is 10.3. The molecule has 12 heavy (non-hydrogen) atoms. The summed E-state index contributed by atoms with van der Waals surface area (Å²) in [5.74, 6) is -1.38. The van der Waals surface area contributed by atoms with Crippen LogP contribution in [0.15, 0.2) is 24.3 Å². The highest BCUT2D eigenvalue weighted by molar-refractivity contribution is 5.60. The Balaban J connectivity index is 2.44. The maximum absolute atomic E-state index is 10.4.